The van der Waals surface area contributed by atoms with Crippen LogP contribution in [0.3, 0.4) is 0 Å². The second kappa shape index (κ2) is 7.82. The van der Waals surface area contributed by atoms with Crippen molar-refractivity contribution in [2.24, 2.45) is 5.84 Å². The third kappa shape index (κ3) is 3.14. The number of aromatic amines is 1. The summed E-state index contributed by atoms with van der Waals surface area (Å²) < 4.78 is 16.4. The van der Waals surface area contributed by atoms with Crippen molar-refractivity contribution in [3.05, 3.63) is 47.8 Å². The molecule has 0 unspecified atom stereocenters. The molecule has 28 heavy (non-hydrogen) atoms. The molecule has 0 aliphatic heterocycles. The van der Waals surface area contributed by atoms with Gasteiger partial charge in [-0.25, -0.2) is 10.8 Å². The Morgan fingerprint density at radius 3 is 2.32 bits per heavy atom. The molecule has 0 saturated carbocycles. The molecule has 7 nitrogen and oxygen atoms in total. The second-order valence-corrected chi connectivity index (χ2v) is 6.42. The summed E-state index contributed by atoms with van der Waals surface area (Å²) in [5.74, 6) is 7.87. The van der Waals surface area contributed by atoms with E-state index in [2.05, 4.69) is 23.5 Å². The third-order valence-electron chi connectivity index (χ3n) is 4.83. The lowest BCUT2D eigenvalue weighted by atomic mass is 9.96. The van der Waals surface area contributed by atoms with Gasteiger partial charge in [0.25, 0.3) is 0 Å². The molecule has 1 aromatic carbocycles. The van der Waals surface area contributed by atoms with E-state index in [1.807, 2.05) is 25.4 Å². The fourth-order valence-electron chi connectivity index (χ4n) is 3.42. The van der Waals surface area contributed by atoms with Crippen molar-refractivity contribution < 1.29 is 14.2 Å². The van der Waals surface area contributed by atoms with Crippen LogP contribution in [0.2, 0.25) is 0 Å². The van der Waals surface area contributed by atoms with Crippen LogP contribution in [0.1, 0.15) is 23.6 Å². The van der Waals surface area contributed by atoms with Crippen LogP contribution in [0.4, 0.5) is 5.69 Å². The highest BCUT2D eigenvalue weighted by atomic mass is 16.5. The molecule has 0 radical (unpaired) electrons. The fourth-order valence-corrected chi connectivity index (χ4v) is 3.42. The minimum Gasteiger partial charge on any atom is -0.493 e. The Labute approximate surface area is 164 Å². The molecule has 0 spiro atoms. The Balaban J connectivity index is 2.23. The Bertz CT molecular complexity index is 999. The Hall–Kier alpha value is -3.19. The Morgan fingerprint density at radius 2 is 1.82 bits per heavy atom. The van der Waals surface area contributed by atoms with Crippen LogP contribution < -0.4 is 25.1 Å². The van der Waals surface area contributed by atoms with Gasteiger partial charge in [-0.05, 0) is 35.3 Å². The number of hydrogen-bond donors (Lipinski definition) is 2. The number of rotatable bonds is 7. The predicted octanol–water partition coefficient (Wildman–Crippen LogP) is 3.52. The quantitative estimate of drug-likeness (QED) is 0.480. The van der Waals surface area contributed by atoms with Crippen LogP contribution >= 0.6 is 0 Å². The molecule has 2 heterocycles. The number of fused-ring (bicyclic) bond motifs is 1. The van der Waals surface area contributed by atoms with Crippen molar-refractivity contribution in [2.45, 2.75) is 13.3 Å². The van der Waals surface area contributed by atoms with E-state index >= 15 is 0 Å². The summed E-state index contributed by atoms with van der Waals surface area (Å²) in [7, 11) is 6.56. The van der Waals surface area contributed by atoms with Crippen molar-refractivity contribution in [3.8, 4) is 17.2 Å². The number of nitrogens with two attached hydrogens (primary N) is 1. The van der Waals surface area contributed by atoms with E-state index in [1.165, 1.54) is 0 Å². The minimum atomic E-state index is 0.533. The molecule has 0 bridgehead atoms. The van der Waals surface area contributed by atoms with E-state index in [-0.39, 0.29) is 0 Å². The van der Waals surface area contributed by atoms with Gasteiger partial charge in [-0.1, -0.05) is 13.5 Å². The molecule has 0 aliphatic carbocycles. The minimum absolute atomic E-state index is 0.533. The standard InChI is InChI=1S/C21H26N4O3/c1-7-13-10-23-21-18(13)19(25(3)22)15(11-24-21)12(2)14-8-16(26-4)20(28-6)17(9-14)27-5/h8-11H,2,7,22H2,1,3-6H3,(H,23,24). The highest BCUT2D eigenvalue weighted by molar-refractivity contribution is 6.00. The predicted molar refractivity (Wildman–Crippen MR) is 112 cm³/mol. The molecule has 0 fully saturated rings. The van der Waals surface area contributed by atoms with Gasteiger partial charge in [0.1, 0.15) is 5.65 Å². The summed E-state index contributed by atoms with van der Waals surface area (Å²) in [6, 6.07) is 3.73. The maximum atomic E-state index is 6.22. The molecule has 3 aromatic rings. The summed E-state index contributed by atoms with van der Waals surface area (Å²) in [6.07, 6.45) is 4.61. The lowest BCUT2D eigenvalue weighted by Gasteiger charge is -2.21. The average Bonchev–Trinajstić information content (AvgIpc) is 3.14. The number of methoxy groups -OCH3 is 3. The number of aryl methyl sites for hydroxylation is 1. The van der Waals surface area contributed by atoms with Gasteiger partial charge in [0.15, 0.2) is 11.5 Å². The first kappa shape index (κ1) is 19.6. The van der Waals surface area contributed by atoms with Gasteiger partial charge in [0.05, 0.1) is 27.0 Å². The van der Waals surface area contributed by atoms with Crippen LogP contribution in [0.25, 0.3) is 16.6 Å². The number of aromatic nitrogens is 2. The molecular weight excluding hydrogens is 356 g/mol. The summed E-state index contributed by atoms with van der Waals surface area (Å²) in [5.41, 5.74) is 5.22. The van der Waals surface area contributed by atoms with Crippen LogP contribution in [0.5, 0.6) is 17.2 Å². The molecule has 0 atom stereocenters. The molecule has 3 N–H and O–H groups in total. The molecular formula is C21H26N4O3. The first-order chi connectivity index (χ1) is 13.5. The zero-order chi connectivity index (χ0) is 20.4. The van der Waals surface area contributed by atoms with E-state index in [4.69, 9.17) is 20.1 Å². The number of pyridine rings is 1. The summed E-state index contributed by atoms with van der Waals surface area (Å²) >= 11 is 0. The highest BCUT2D eigenvalue weighted by Crippen LogP contribution is 2.42. The van der Waals surface area contributed by atoms with Crippen molar-refractivity contribution in [3.63, 3.8) is 0 Å². The largest absolute Gasteiger partial charge is 0.493 e. The van der Waals surface area contributed by atoms with Gasteiger partial charge in [-0.3, -0.25) is 0 Å². The topological polar surface area (TPSA) is 85.6 Å². The number of benzene rings is 1. The molecule has 7 heteroatoms. The van der Waals surface area contributed by atoms with Gasteiger partial charge < -0.3 is 24.2 Å². The number of anilines is 1. The van der Waals surface area contributed by atoms with E-state index in [1.54, 1.807) is 32.5 Å². The van der Waals surface area contributed by atoms with Gasteiger partial charge in [-0.2, -0.15) is 0 Å². The van der Waals surface area contributed by atoms with Gasteiger partial charge in [0, 0.05) is 30.4 Å². The number of ether oxygens (including phenoxy) is 3. The SMILES string of the molecule is C=C(c1cc(OC)c(OC)c(OC)c1)c1cnc2[nH]cc(CC)c2c1N(C)N. The van der Waals surface area contributed by atoms with Crippen LogP contribution in [-0.4, -0.2) is 38.3 Å². The molecule has 0 aliphatic rings. The average molecular weight is 382 g/mol. The van der Waals surface area contributed by atoms with Crippen molar-refractivity contribution in [1.29, 1.82) is 0 Å². The zero-order valence-corrected chi connectivity index (χ0v) is 16.9. The lowest BCUT2D eigenvalue weighted by molar-refractivity contribution is 0.324. The first-order valence-corrected chi connectivity index (χ1v) is 8.93. The second-order valence-electron chi connectivity index (χ2n) is 6.42. The Morgan fingerprint density at radius 1 is 1.18 bits per heavy atom. The van der Waals surface area contributed by atoms with Crippen LogP contribution in [0.15, 0.2) is 31.1 Å². The molecule has 3 rings (SSSR count). The smallest absolute Gasteiger partial charge is 0.203 e. The summed E-state index contributed by atoms with van der Waals surface area (Å²) in [6.45, 7) is 6.41. The summed E-state index contributed by atoms with van der Waals surface area (Å²) in [5, 5.41) is 2.61. The number of hydrogen-bond acceptors (Lipinski definition) is 6. The molecule has 0 saturated heterocycles. The fraction of sp³-hybridized carbons (Fsp3) is 0.286. The zero-order valence-electron chi connectivity index (χ0n) is 16.9. The van der Waals surface area contributed by atoms with Gasteiger partial charge >= 0.3 is 0 Å². The maximum Gasteiger partial charge on any atom is 0.203 e. The van der Waals surface area contributed by atoms with Crippen molar-refractivity contribution in [1.82, 2.24) is 9.97 Å². The van der Waals surface area contributed by atoms with Gasteiger partial charge in [0.2, 0.25) is 5.75 Å². The number of nitrogens with one attached hydrogen (secondary N) is 1. The first-order valence-electron chi connectivity index (χ1n) is 8.93. The number of hydrazine groups is 1. The normalized spacial score (nSPS) is 10.8. The number of H-pyrrole nitrogens is 1. The van der Waals surface area contributed by atoms with Crippen LogP contribution in [-0.2, 0) is 6.42 Å². The van der Waals surface area contributed by atoms with Crippen molar-refractivity contribution in [2.75, 3.05) is 33.4 Å². The van der Waals surface area contributed by atoms with E-state index < -0.39 is 0 Å². The van der Waals surface area contributed by atoms with Crippen molar-refractivity contribution >= 4 is 22.3 Å². The lowest BCUT2D eigenvalue weighted by Crippen LogP contribution is -2.26. The monoisotopic (exact) mass is 382 g/mol. The molecule has 2 aromatic heterocycles. The maximum absolute atomic E-state index is 6.22. The third-order valence-corrected chi connectivity index (χ3v) is 4.83. The Kier molecular flexibility index (Phi) is 5.46. The summed E-state index contributed by atoms with van der Waals surface area (Å²) in [4.78, 5) is 7.78. The van der Waals surface area contributed by atoms with Crippen LogP contribution in [0, 0.1) is 0 Å². The molecule has 0 amide bonds. The van der Waals surface area contributed by atoms with Gasteiger partial charge in [-0.15, -0.1) is 0 Å². The highest BCUT2D eigenvalue weighted by Gasteiger charge is 2.20. The van der Waals surface area contributed by atoms with E-state index in [0.29, 0.717) is 17.2 Å². The number of nitrogens with zero attached hydrogens (tertiary/aromatic N) is 2. The van der Waals surface area contributed by atoms with E-state index in [9.17, 15) is 0 Å². The van der Waals surface area contributed by atoms with E-state index in [0.717, 1.165) is 45.4 Å². The molecule has 148 valence electrons.